The molecule has 2 unspecified atom stereocenters. The lowest BCUT2D eigenvalue weighted by Crippen LogP contribution is -2.69. The van der Waals surface area contributed by atoms with Crippen LogP contribution < -0.4 is 10.6 Å². The number of amides is 1. The van der Waals surface area contributed by atoms with Crippen LogP contribution in [0, 0.1) is 5.41 Å². The average molecular weight is 464 g/mol. The van der Waals surface area contributed by atoms with Gasteiger partial charge in [0.1, 0.15) is 0 Å². The van der Waals surface area contributed by atoms with Gasteiger partial charge in [0.2, 0.25) is 5.91 Å². The third-order valence-corrected chi connectivity index (χ3v) is 6.25. The van der Waals surface area contributed by atoms with Crippen molar-refractivity contribution in [2.75, 3.05) is 26.7 Å². The highest BCUT2D eigenvalue weighted by Crippen LogP contribution is 2.57. The Balaban J connectivity index is 0.00000225. The predicted octanol–water partition coefficient (Wildman–Crippen LogP) is 2.13. The normalized spacial score (nSPS) is 28.6. The largest absolute Gasteiger partial charge is 0.378 e. The molecule has 1 heterocycles. The molecule has 6 nitrogen and oxygen atoms in total. The summed E-state index contributed by atoms with van der Waals surface area (Å²) >= 11 is 0. The van der Waals surface area contributed by atoms with E-state index in [9.17, 15) is 4.79 Å². The summed E-state index contributed by atoms with van der Waals surface area (Å²) in [6.45, 7) is 6.22. The summed E-state index contributed by atoms with van der Waals surface area (Å²) in [6.07, 6.45) is 7.32. The summed E-state index contributed by atoms with van der Waals surface area (Å²) in [7, 11) is 1.84. The zero-order chi connectivity index (χ0) is 17.2. The number of guanidine groups is 1. The molecule has 2 saturated carbocycles. The molecule has 0 aromatic heterocycles. The number of carbonyl (C=O) groups excluding carboxylic acids is 1. The second-order valence-corrected chi connectivity index (χ2v) is 7.46. The summed E-state index contributed by atoms with van der Waals surface area (Å²) < 4.78 is 5.93. The fourth-order valence-corrected chi connectivity index (χ4v) is 4.51. The Labute approximate surface area is 168 Å². The Morgan fingerprint density at radius 2 is 1.96 bits per heavy atom. The number of rotatable bonds is 4. The molecular formula is C18H33IN4O2. The van der Waals surface area contributed by atoms with Crippen molar-refractivity contribution in [3.05, 3.63) is 0 Å². The van der Waals surface area contributed by atoms with Crippen LogP contribution in [0.2, 0.25) is 0 Å². The van der Waals surface area contributed by atoms with Crippen LogP contribution >= 0.6 is 24.0 Å². The monoisotopic (exact) mass is 464 g/mol. The Kier molecular flexibility index (Phi) is 7.37. The number of halogens is 1. The van der Waals surface area contributed by atoms with Crippen molar-refractivity contribution in [3.8, 4) is 0 Å². The van der Waals surface area contributed by atoms with E-state index >= 15 is 0 Å². The van der Waals surface area contributed by atoms with Crippen molar-refractivity contribution >= 4 is 35.8 Å². The fourth-order valence-electron chi connectivity index (χ4n) is 4.51. The Morgan fingerprint density at radius 3 is 2.44 bits per heavy atom. The van der Waals surface area contributed by atoms with E-state index in [0.29, 0.717) is 23.6 Å². The van der Waals surface area contributed by atoms with Gasteiger partial charge >= 0.3 is 0 Å². The van der Waals surface area contributed by atoms with Crippen LogP contribution in [-0.4, -0.2) is 61.7 Å². The van der Waals surface area contributed by atoms with E-state index in [0.717, 1.165) is 44.9 Å². The molecule has 2 atom stereocenters. The van der Waals surface area contributed by atoms with Crippen molar-refractivity contribution < 1.29 is 9.53 Å². The standard InChI is InChI=1S/C18H32N4O2.HI/c1-4-24-16-12-15(18(16)8-5-9-18)21-17(19-3)20-14-6-10-22(11-7-14)13(2)23;/h14-16H,4-12H2,1-3H3,(H2,19,20,21);1H. The molecule has 1 amide bonds. The number of ether oxygens (including phenoxy) is 1. The maximum atomic E-state index is 11.4. The van der Waals surface area contributed by atoms with Gasteiger partial charge in [-0.15, -0.1) is 24.0 Å². The van der Waals surface area contributed by atoms with Crippen molar-refractivity contribution in [3.63, 3.8) is 0 Å². The summed E-state index contributed by atoms with van der Waals surface area (Å²) in [6, 6.07) is 0.873. The Bertz CT molecular complexity index is 487. The van der Waals surface area contributed by atoms with Gasteiger partial charge in [-0.25, -0.2) is 0 Å². The van der Waals surface area contributed by atoms with Crippen LogP contribution in [0.4, 0.5) is 0 Å². The molecule has 0 aromatic rings. The van der Waals surface area contributed by atoms with Gasteiger partial charge in [-0.3, -0.25) is 9.79 Å². The second kappa shape index (κ2) is 8.88. The van der Waals surface area contributed by atoms with E-state index in [1.54, 1.807) is 6.92 Å². The highest BCUT2D eigenvalue weighted by atomic mass is 127. The smallest absolute Gasteiger partial charge is 0.219 e. The minimum Gasteiger partial charge on any atom is -0.378 e. The SMILES string of the molecule is CCOC1CC(NC(=NC)NC2CCN(C(C)=O)CC2)C12CCC2.I. The Morgan fingerprint density at radius 1 is 1.28 bits per heavy atom. The molecule has 0 aromatic carbocycles. The Hall–Kier alpha value is -0.570. The van der Waals surface area contributed by atoms with E-state index in [1.165, 1.54) is 19.3 Å². The number of hydrogen-bond donors (Lipinski definition) is 2. The maximum Gasteiger partial charge on any atom is 0.219 e. The molecule has 144 valence electrons. The molecule has 0 radical (unpaired) electrons. The fraction of sp³-hybridized carbons (Fsp3) is 0.889. The maximum absolute atomic E-state index is 11.4. The minimum atomic E-state index is 0. The molecule has 2 aliphatic carbocycles. The molecule has 0 bridgehead atoms. The molecule has 2 N–H and O–H groups in total. The quantitative estimate of drug-likeness (QED) is 0.380. The highest BCUT2D eigenvalue weighted by molar-refractivity contribution is 14.0. The van der Waals surface area contributed by atoms with Gasteiger partial charge in [0.25, 0.3) is 0 Å². The minimum absolute atomic E-state index is 0. The van der Waals surface area contributed by atoms with E-state index in [-0.39, 0.29) is 29.9 Å². The van der Waals surface area contributed by atoms with E-state index in [4.69, 9.17) is 4.74 Å². The molecule has 3 rings (SSSR count). The van der Waals surface area contributed by atoms with Crippen molar-refractivity contribution in [1.82, 2.24) is 15.5 Å². The highest BCUT2D eigenvalue weighted by Gasteiger charge is 2.59. The van der Waals surface area contributed by atoms with Crippen LogP contribution in [0.5, 0.6) is 0 Å². The third-order valence-electron chi connectivity index (χ3n) is 6.25. The number of piperidine rings is 1. The van der Waals surface area contributed by atoms with Crippen LogP contribution in [0.25, 0.3) is 0 Å². The number of nitrogens with zero attached hydrogens (tertiary/aromatic N) is 2. The number of nitrogens with one attached hydrogen (secondary N) is 2. The zero-order valence-electron chi connectivity index (χ0n) is 15.7. The lowest BCUT2D eigenvalue weighted by Gasteiger charge is -2.61. The lowest BCUT2D eigenvalue weighted by atomic mass is 9.51. The first kappa shape index (κ1) is 20.7. The topological polar surface area (TPSA) is 66.0 Å². The van der Waals surface area contributed by atoms with Gasteiger partial charge < -0.3 is 20.3 Å². The summed E-state index contributed by atoms with van der Waals surface area (Å²) in [4.78, 5) is 17.8. The first-order valence-corrected chi connectivity index (χ1v) is 9.46. The predicted molar refractivity (Wildman–Crippen MR) is 110 cm³/mol. The molecule has 1 aliphatic heterocycles. The number of aliphatic imine (C=N–C) groups is 1. The zero-order valence-corrected chi connectivity index (χ0v) is 18.0. The molecule has 3 aliphatic rings. The van der Waals surface area contributed by atoms with E-state index < -0.39 is 0 Å². The summed E-state index contributed by atoms with van der Waals surface area (Å²) in [5.41, 5.74) is 0.339. The third kappa shape index (κ3) is 4.23. The molecule has 1 saturated heterocycles. The van der Waals surface area contributed by atoms with Crippen LogP contribution in [0.1, 0.15) is 52.4 Å². The van der Waals surface area contributed by atoms with Crippen LogP contribution in [0.15, 0.2) is 4.99 Å². The summed E-state index contributed by atoms with van der Waals surface area (Å²) in [5, 5.41) is 7.20. The molecule has 1 spiro atoms. The first-order valence-electron chi connectivity index (χ1n) is 9.46. The molecule has 3 fully saturated rings. The molecule has 7 heteroatoms. The van der Waals surface area contributed by atoms with Crippen molar-refractivity contribution in [2.45, 2.75) is 70.6 Å². The number of carbonyl (C=O) groups is 1. The average Bonchev–Trinajstić information content (AvgIpc) is 2.51. The summed E-state index contributed by atoms with van der Waals surface area (Å²) in [5.74, 6) is 1.09. The van der Waals surface area contributed by atoms with Crippen LogP contribution in [-0.2, 0) is 9.53 Å². The van der Waals surface area contributed by atoms with Gasteiger partial charge in [-0.1, -0.05) is 6.42 Å². The van der Waals surface area contributed by atoms with Gasteiger partial charge in [-0.2, -0.15) is 0 Å². The van der Waals surface area contributed by atoms with Gasteiger partial charge in [0.05, 0.1) is 6.10 Å². The van der Waals surface area contributed by atoms with Gasteiger partial charge in [0.15, 0.2) is 5.96 Å². The lowest BCUT2D eigenvalue weighted by molar-refractivity contribution is -0.168. The molecule has 25 heavy (non-hydrogen) atoms. The first-order chi connectivity index (χ1) is 11.6. The van der Waals surface area contributed by atoms with Gasteiger partial charge in [0, 0.05) is 51.2 Å². The van der Waals surface area contributed by atoms with Crippen molar-refractivity contribution in [1.29, 1.82) is 0 Å². The van der Waals surface area contributed by atoms with Crippen molar-refractivity contribution in [2.24, 2.45) is 10.4 Å². The number of likely N-dealkylation sites (tertiary alicyclic amines) is 1. The number of hydrogen-bond acceptors (Lipinski definition) is 3. The second-order valence-electron chi connectivity index (χ2n) is 7.46. The van der Waals surface area contributed by atoms with Gasteiger partial charge in [-0.05, 0) is 39.0 Å². The van der Waals surface area contributed by atoms with E-state index in [2.05, 4.69) is 22.5 Å². The van der Waals surface area contributed by atoms with E-state index in [1.807, 2.05) is 11.9 Å². The van der Waals surface area contributed by atoms with Crippen LogP contribution in [0.3, 0.4) is 0 Å². The molecular weight excluding hydrogens is 431 g/mol.